The van der Waals surface area contributed by atoms with Crippen LogP contribution in [0.3, 0.4) is 0 Å². The van der Waals surface area contributed by atoms with Crippen molar-refractivity contribution in [3.8, 4) is 22.9 Å². The van der Waals surface area contributed by atoms with Gasteiger partial charge in [-0.15, -0.1) is 5.10 Å². The van der Waals surface area contributed by atoms with Crippen LogP contribution in [0.25, 0.3) is 11.4 Å². The molecule has 2 aromatic carbocycles. The normalized spacial score (nSPS) is 13.1. The molecule has 30 heavy (non-hydrogen) atoms. The molecule has 0 aliphatic heterocycles. The molecule has 8 heteroatoms. The molecule has 4 rings (SSSR count). The number of methoxy groups -OCH3 is 2. The summed E-state index contributed by atoms with van der Waals surface area (Å²) in [5.41, 5.74) is 1.17. The van der Waals surface area contributed by atoms with Crippen molar-refractivity contribution >= 4 is 5.91 Å². The Morgan fingerprint density at radius 3 is 2.57 bits per heavy atom. The van der Waals surface area contributed by atoms with E-state index in [0.717, 1.165) is 18.4 Å². The van der Waals surface area contributed by atoms with Gasteiger partial charge in [-0.05, 0) is 25.0 Å². The summed E-state index contributed by atoms with van der Waals surface area (Å²) in [5, 5.41) is 7.37. The Bertz CT molecular complexity index is 1100. The zero-order valence-electron chi connectivity index (χ0n) is 17.0. The number of nitrogens with one attached hydrogen (secondary N) is 1. The molecule has 0 spiro atoms. The molecule has 1 heterocycles. The van der Waals surface area contributed by atoms with Crippen molar-refractivity contribution in [3.05, 3.63) is 64.6 Å². The van der Waals surface area contributed by atoms with Gasteiger partial charge in [0.2, 0.25) is 0 Å². The van der Waals surface area contributed by atoms with E-state index < -0.39 is 0 Å². The summed E-state index contributed by atoms with van der Waals surface area (Å²) in [6.45, 7) is 0.548. The summed E-state index contributed by atoms with van der Waals surface area (Å²) < 4.78 is 13.6. The molecule has 0 radical (unpaired) electrons. The molecule has 1 N–H and O–H groups in total. The average Bonchev–Trinajstić information content (AvgIpc) is 3.57. The quantitative estimate of drug-likeness (QED) is 0.619. The molecule has 3 aromatic rings. The van der Waals surface area contributed by atoms with Gasteiger partial charge in [0.1, 0.15) is 11.5 Å². The number of benzene rings is 2. The van der Waals surface area contributed by atoms with E-state index in [1.165, 1.54) is 11.8 Å². The van der Waals surface area contributed by atoms with E-state index in [-0.39, 0.29) is 30.7 Å². The van der Waals surface area contributed by atoms with Gasteiger partial charge in [-0.3, -0.25) is 9.36 Å². The number of carbonyl (C=O) groups excluding carboxylic acids is 1. The second kappa shape index (κ2) is 8.44. The first-order chi connectivity index (χ1) is 14.6. The van der Waals surface area contributed by atoms with Gasteiger partial charge in [0.05, 0.1) is 26.3 Å². The molecule has 1 fully saturated rings. The van der Waals surface area contributed by atoms with Crippen LogP contribution in [0, 0.1) is 0 Å². The van der Waals surface area contributed by atoms with Crippen LogP contribution in [0.2, 0.25) is 0 Å². The number of amides is 1. The first-order valence-electron chi connectivity index (χ1n) is 9.87. The summed E-state index contributed by atoms with van der Waals surface area (Å²) in [7, 11) is 3.05. The van der Waals surface area contributed by atoms with Crippen LogP contribution in [-0.2, 0) is 6.54 Å². The van der Waals surface area contributed by atoms with Crippen molar-refractivity contribution in [2.45, 2.75) is 25.4 Å². The number of carbonyl (C=O) groups is 1. The smallest absolute Gasteiger partial charge is 0.346 e. The standard InChI is InChI=1S/C22H24N4O4/c1-29-17-10-11-18(19(14-17)30-2)21(27)23-12-13-25-22(28)26(16-8-9-16)20(24-25)15-6-4-3-5-7-15/h3-7,10-11,14,16H,8-9,12-13H2,1-2H3,(H,23,27). The zero-order chi connectivity index (χ0) is 21.1. The van der Waals surface area contributed by atoms with E-state index in [9.17, 15) is 9.59 Å². The van der Waals surface area contributed by atoms with Gasteiger partial charge in [-0.2, -0.15) is 0 Å². The molecule has 0 unspecified atom stereocenters. The minimum atomic E-state index is -0.285. The highest BCUT2D eigenvalue weighted by Crippen LogP contribution is 2.36. The lowest BCUT2D eigenvalue weighted by molar-refractivity contribution is 0.0948. The molecule has 156 valence electrons. The predicted octanol–water partition coefficient (Wildman–Crippen LogP) is 2.49. The fraction of sp³-hybridized carbons (Fsp3) is 0.318. The van der Waals surface area contributed by atoms with E-state index in [2.05, 4.69) is 10.4 Å². The molecule has 0 saturated heterocycles. The second-order valence-electron chi connectivity index (χ2n) is 7.12. The van der Waals surface area contributed by atoms with Crippen LogP contribution in [0.1, 0.15) is 29.2 Å². The van der Waals surface area contributed by atoms with Crippen molar-refractivity contribution in [3.63, 3.8) is 0 Å². The molecule has 1 aromatic heterocycles. The molecular weight excluding hydrogens is 384 g/mol. The Balaban J connectivity index is 1.48. The molecule has 0 bridgehead atoms. The minimum Gasteiger partial charge on any atom is -0.497 e. The summed E-state index contributed by atoms with van der Waals surface area (Å²) in [4.78, 5) is 25.4. The molecule has 1 aliphatic rings. The summed E-state index contributed by atoms with van der Waals surface area (Å²) >= 11 is 0. The number of aromatic nitrogens is 3. The fourth-order valence-corrected chi connectivity index (χ4v) is 3.37. The van der Waals surface area contributed by atoms with Gasteiger partial charge >= 0.3 is 5.69 Å². The molecule has 1 aliphatic carbocycles. The number of hydrogen-bond acceptors (Lipinski definition) is 5. The monoisotopic (exact) mass is 408 g/mol. The third-order valence-corrected chi connectivity index (χ3v) is 5.08. The highest BCUT2D eigenvalue weighted by atomic mass is 16.5. The summed E-state index contributed by atoms with van der Waals surface area (Å²) in [6.07, 6.45) is 1.97. The Kier molecular flexibility index (Phi) is 5.56. The van der Waals surface area contributed by atoms with Crippen LogP contribution >= 0.6 is 0 Å². The first-order valence-corrected chi connectivity index (χ1v) is 9.87. The number of hydrogen-bond donors (Lipinski definition) is 1. The van der Waals surface area contributed by atoms with Crippen molar-refractivity contribution in [1.82, 2.24) is 19.7 Å². The van der Waals surface area contributed by atoms with Crippen molar-refractivity contribution < 1.29 is 14.3 Å². The highest BCUT2D eigenvalue weighted by Gasteiger charge is 2.30. The van der Waals surface area contributed by atoms with Crippen LogP contribution in [0.5, 0.6) is 11.5 Å². The lowest BCUT2D eigenvalue weighted by atomic mass is 10.1. The van der Waals surface area contributed by atoms with Gasteiger partial charge in [-0.1, -0.05) is 30.3 Å². The van der Waals surface area contributed by atoms with Crippen molar-refractivity contribution in [1.29, 1.82) is 0 Å². The van der Waals surface area contributed by atoms with Crippen LogP contribution in [-0.4, -0.2) is 41.0 Å². The summed E-state index contributed by atoms with van der Waals surface area (Å²) in [5.74, 6) is 1.42. The lowest BCUT2D eigenvalue weighted by Gasteiger charge is -2.10. The minimum absolute atomic E-state index is 0.146. The second-order valence-corrected chi connectivity index (χ2v) is 7.12. The Labute approximate surface area is 174 Å². The van der Waals surface area contributed by atoms with Gasteiger partial charge in [0.25, 0.3) is 5.91 Å². The maximum Gasteiger partial charge on any atom is 0.346 e. The third-order valence-electron chi connectivity index (χ3n) is 5.08. The van der Waals surface area contributed by atoms with Crippen molar-refractivity contribution in [2.24, 2.45) is 0 Å². The van der Waals surface area contributed by atoms with E-state index in [4.69, 9.17) is 9.47 Å². The maximum absolute atomic E-state index is 12.9. The van der Waals surface area contributed by atoms with Crippen LogP contribution < -0.4 is 20.5 Å². The van der Waals surface area contributed by atoms with E-state index >= 15 is 0 Å². The van der Waals surface area contributed by atoms with E-state index in [1.54, 1.807) is 29.9 Å². The largest absolute Gasteiger partial charge is 0.497 e. The molecule has 0 atom stereocenters. The lowest BCUT2D eigenvalue weighted by Crippen LogP contribution is -2.32. The highest BCUT2D eigenvalue weighted by molar-refractivity contribution is 5.97. The van der Waals surface area contributed by atoms with Gasteiger partial charge < -0.3 is 14.8 Å². The van der Waals surface area contributed by atoms with Crippen molar-refractivity contribution in [2.75, 3.05) is 20.8 Å². The number of nitrogens with zero attached hydrogens (tertiary/aromatic N) is 3. The predicted molar refractivity (Wildman–Crippen MR) is 112 cm³/mol. The van der Waals surface area contributed by atoms with Gasteiger partial charge in [0, 0.05) is 24.2 Å². The van der Waals surface area contributed by atoms with E-state index in [1.807, 2.05) is 30.3 Å². The summed E-state index contributed by atoms with van der Waals surface area (Å²) in [6, 6.07) is 14.9. The molecule has 1 saturated carbocycles. The maximum atomic E-state index is 12.9. The Hall–Kier alpha value is -3.55. The third kappa shape index (κ3) is 3.94. The van der Waals surface area contributed by atoms with Gasteiger partial charge in [0.15, 0.2) is 5.82 Å². The topological polar surface area (TPSA) is 87.4 Å². The number of rotatable bonds is 8. The fourth-order valence-electron chi connectivity index (χ4n) is 3.37. The van der Waals surface area contributed by atoms with Crippen LogP contribution in [0.4, 0.5) is 0 Å². The average molecular weight is 408 g/mol. The zero-order valence-corrected chi connectivity index (χ0v) is 17.0. The SMILES string of the molecule is COc1ccc(C(=O)NCCn2nc(-c3ccccc3)n(C3CC3)c2=O)c(OC)c1. The van der Waals surface area contributed by atoms with E-state index in [0.29, 0.717) is 22.9 Å². The number of ether oxygens (including phenoxy) is 2. The molecular formula is C22H24N4O4. The first kappa shape index (κ1) is 19.8. The van der Waals surface area contributed by atoms with Crippen LogP contribution in [0.15, 0.2) is 53.3 Å². The molecule has 8 nitrogen and oxygen atoms in total. The van der Waals surface area contributed by atoms with Gasteiger partial charge in [-0.25, -0.2) is 9.48 Å². The Morgan fingerprint density at radius 2 is 1.90 bits per heavy atom. The molecule has 1 amide bonds. The Morgan fingerprint density at radius 1 is 1.13 bits per heavy atom.